The minimum absolute atomic E-state index is 0.177. The van der Waals surface area contributed by atoms with Crippen molar-refractivity contribution in [2.24, 2.45) is 11.3 Å². The third kappa shape index (κ3) is 3.60. The fourth-order valence-corrected chi connectivity index (χ4v) is 3.37. The van der Waals surface area contributed by atoms with Gasteiger partial charge in [0.05, 0.1) is 13.2 Å². The van der Waals surface area contributed by atoms with Gasteiger partial charge >= 0.3 is 0 Å². The first kappa shape index (κ1) is 18.5. The van der Waals surface area contributed by atoms with Crippen LogP contribution in [0.2, 0.25) is 0 Å². The predicted octanol–water partition coefficient (Wildman–Crippen LogP) is 2.92. The molecule has 140 valence electrons. The Kier molecular flexibility index (Phi) is 5.05. The first-order valence-electron chi connectivity index (χ1n) is 9.03. The summed E-state index contributed by atoms with van der Waals surface area (Å²) in [5.41, 5.74) is 1.79. The van der Waals surface area contributed by atoms with Gasteiger partial charge in [0, 0.05) is 23.2 Å². The second kappa shape index (κ2) is 7.11. The summed E-state index contributed by atoms with van der Waals surface area (Å²) in [6.45, 7) is 6.32. The average Bonchev–Trinajstić information content (AvgIpc) is 3.33. The molecule has 6 heteroatoms. The molecule has 2 aromatic rings. The maximum absolute atomic E-state index is 12.6. The zero-order valence-electron chi connectivity index (χ0n) is 15.8. The maximum atomic E-state index is 12.6. The number of carbonyl (C=O) groups is 1. The number of nitrogens with one attached hydrogen (secondary N) is 2. The molecule has 0 saturated heterocycles. The summed E-state index contributed by atoms with van der Waals surface area (Å²) in [5.74, 6) is 1.34. The van der Waals surface area contributed by atoms with E-state index in [-0.39, 0.29) is 17.2 Å². The van der Waals surface area contributed by atoms with Crippen molar-refractivity contribution >= 4 is 5.91 Å². The lowest BCUT2D eigenvalue weighted by Crippen LogP contribution is -2.39. The van der Waals surface area contributed by atoms with Crippen molar-refractivity contribution in [3.63, 3.8) is 0 Å². The van der Waals surface area contributed by atoms with Crippen molar-refractivity contribution in [3.05, 3.63) is 35.7 Å². The molecule has 1 heterocycles. The van der Waals surface area contributed by atoms with Gasteiger partial charge in [-0.05, 0) is 37.8 Å². The number of nitrogens with zero attached hydrogens (tertiary/aromatic N) is 1. The monoisotopic (exact) mass is 357 g/mol. The molecule has 1 aromatic heterocycles. The Hall–Kier alpha value is -2.34. The van der Waals surface area contributed by atoms with E-state index in [1.165, 1.54) is 0 Å². The van der Waals surface area contributed by atoms with Gasteiger partial charge in [-0.3, -0.25) is 4.79 Å². The number of carbonyl (C=O) groups excluding carboxylic acids is 1. The minimum Gasteiger partial charge on any atom is -0.497 e. The van der Waals surface area contributed by atoms with E-state index >= 15 is 0 Å². The van der Waals surface area contributed by atoms with E-state index in [1.54, 1.807) is 7.11 Å². The largest absolute Gasteiger partial charge is 0.497 e. The Morgan fingerprint density at radius 2 is 2.15 bits per heavy atom. The molecule has 3 rings (SSSR count). The summed E-state index contributed by atoms with van der Waals surface area (Å²) in [6, 6.07) is 7.54. The van der Waals surface area contributed by atoms with Crippen LogP contribution < -0.4 is 10.1 Å². The van der Waals surface area contributed by atoms with E-state index in [1.807, 2.05) is 45.0 Å². The minimum atomic E-state index is -0.393. The van der Waals surface area contributed by atoms with Gasteiger partial charge in [0.25, 0.3) is 5.91 Å². The second-order valence-corrected chi connectivity index (χ2v) is 7.52. The zero-order valence-corrected chi connectivity index (χ0v) is 15.8. The summed E-state index contributed by atoms with van der Waals surface area (Å²) in [4.78, 5) is 20.2. The van der Waals surface area contributed by atoms with Gasteiger partial charge in [-0.25, -0.2) is 4.98 Å². The van der Waals surface area contributed by atoms with E-state index in [9.17, 15) is 9.90 Å². The summed E-state index contributed by atoms with van der Waals surface area (Å²) < 4.78 is 5.24. The molecule has 0 bridgehead atoms. The number of hydrogen-bond acceptors (Lipinski definition) is 4. The third-order valence-corrected chi connectivity index (χ3v) is 5.20. The highest BCUT2D eigenvalue weighted by molar-refractivity contribution is 5.94. The number of aliphatic hydroxyl groups excluding tert-OH is 1. The smallest absolute Gasteiger partial charge is 0.271 e. The van der Waals surface area contributed by atoms with Gasteiger partial charge in [-0.1, -0.05) is 26.0 Å². The first-order valence-corrected chi connectivity index (χ1v) is 9.03. The lowest BCUT2D eigenvalue weighted by atomic mass is 9.90. The Morgan fingerprint density at radius 3 is 2.77 bits per heavy atom. The fraction of sp³-hybridized carbons (Fsp3) is 0.500. The van der Waals surface area contributed by atoms with Crippen LogP contribution in [0.25, 0.3) is 11.4 Å². The Bertz CT molecular complexity index is 793. The van der Waals surface area contributed by atoms with Crippen molar-refractivity contribution < 1.29 is 14.6 Å². The quantitative estimate of drug-likeness (QED) is 0.711. The molecule has 6 nitrogen and oxygen atoms in total. The van der Waals surface area contributed by atoms with Crippen LogP contribution in [0.5, 0.6) is 5.75 Å². The Balaban J connectivity index is 1.72. The third-order valence-electron chi connectivity index (χ3n) is 5.20. The summed E-state index contributed by atoms with van der Waals surface area (Å²) in [5, 5.41) is 13.3. The van der Waals surface area contributed by atoms with Crippen molar-refractivity contribution in [2.45, 2.75) is 39.7 Å². The average molecular weight is 357 g/mol. The van der Waals surface area contributed by atoms with E-state index < -0.39 is 6.10 Å². The number of aliphatic hydroxyl groups is 1. The molecule has 0 aliphatic heterocycles. The summed E-state index contributed by atoms with van der Waals surface area (Å²) >= 11 is 0. The number of aromatic nitrogens is 2. The molecular formula is C20H27N3O3. The lowest BCUT2D eigenvalue weighted by Gasteiger charge is -2.25. The molecule has 3 N–H and O–H groups in total. The van der Waals surface area contributed by atoms with Gasteiger partial charge < -0.3 is 20.1 Å². The zero-order chi connectivity index (χ0) is 18.9. The number of ether oxygens (including phenoxy) is 1. The van der Waals surface area contributed by atoms with Gasteiger partial charge in [-0.2, -0.15) is 0 Å². The molecule has 1 saturated carbocycles. The van der Waals surface area contributed by atoms with Crippen LogP contribution in [0, 0.1) is 18.3 Å². The first-order chi connectivity index (χ1) is 12.4. The van der Waals surface area contributed by atoms with Gasteiger partial charge in [0.2, 0.25) is 0 Å². The molecule has 1 aliphatic carbocycles. The van der Waals surface area contributed by atoms with Crippen molar-refractivity contribution in [1.29, 1.82) is 0 Å². The highest BCUT2D eigenvalue weighted by Crippen LogP contribution is 2.50. The Morgan fingerprint density at radius 1 is 1.42 bits per heavy atom. The van der Waals surface area contributed by atoms with E-state index in [0.717, 1.165) is 29.8 Å². The van der Waals surface area contributed by atoms with Crippen LogP contribution >= 0.6 is 0 Å². The second-order valence-electron chi connectivity index (χ2n) is 7.52. The highest BCUT2D eigenvalue weighted by Gasteiger charge is 2.49. The number of amides is 1. The number of imidazole rings is 1. The van der Waals surface area contributed by atoms with E-state index in [2.05, 4.69) is 15.3 Å². The van der Waals surface area contributed by atoms with Crippen molar-refractivity contribution in [3.8, 4) is 17.1 Å². The van der Waals surface area contributed by atoms with Gasteiger partial charge in [0.1, 0.15) is 17.3 Å². The van der Waals surface area contributed by atoms with Crippen LogP contribution in [-0.2, 0) is 0 Å². The van der Waals surface area contributed by atoms with Crippen LogP contribution in [-0.4, -0.2) is 40.7 Å². The summed E-state index contributed by atoms with van der Waals surface area (Å²) in [6.07, 6.45) is 1.50. The fourth-order valence-electron chi connectivity index (χ4n) is 3.37. The molecule has 1 aliphatic rings. The predicted molar refractivity (Wildman–Crippen MR) is 100 cm³/mol. The molecular weight excluding hydrogens is 330 g/mol. The van der Waals surface area contributed by atoms with E-state index in [0.29, 0.717) is 18.1 Å². The van der Waals surface area contributed by atoms with Gasteiger partial charge in [0.15, 0.2) is 0 Å². The number of aryl methyl sites for hydroxylation is 1. The normalized spacial score (nSPS) is 16.4. The van der Waals surface area contributed by atoms with Crippen LogP contribution in [0.15, 0.2) is 24.3 Å². The summed E-state index contributed by atoms with van der Waals surface area (Å²) in [7, 11) is 1.62. The molecule has 0 spiro atoms. The molecule has 0 radical (unpaired) electrons. The molecule has 0 unspecified atom stereocenters. The Labute approximate surface area is 154 Å². The number of aromatic amines is 1. The van der Waals surface area contributed by atoms with Crippen LogP contribution in [0.4, 0.5) is 0 Å². The number of H-pyrrole nitrogens is 1. The topological polar surface area (TPSA) is 87.2 Å². The maximum Gasteiger partial charge on any atom is 0.271 e. The van der Waals surface area contributed by atoms with Gasteiger partial charge in [-0.15, -0.1) is 0 Å². The number of hydrogen-bond donors (Lipinski definition) is 3. The number of rotatable bonds is 7. The van der Waals surface area contributed by atoms with Crippen molar-refractivity contribution in [2.75, 3.05) is 13.7 Å². The number of methoxy groups -OCH3 is 1. The number of benzene rings is 1. The standard InChI is InChI=1S/C20H27N3O3/c1-12(2)17(24)20(8-9-20)11-21-19(25)16-13(3)22-18(23-16)14-6-5-7-15(10-14)26-4/h5-7,10,12,17,24H,8-9,11H2,1-4H3,(H,21,25)(H,22,23)/t17-/m1/s1. The van der Waals surface area contributed by atoms with Crippen molar-refractivity contribution in [1.82, 2.24) is 15.3 Å². The molecule has 1 amide bonds. The molecule has 1 fully saturated rings. The van der Waals surface area contributed by atoms with E-state index in [4.69, 9.17) is 4.74 Å². The molecule has 1 atom stereocenters. The van der Waals surface area contributed by atoms with Crippen LogP contribution in [0.1, 0.15) is 42.9 Å². The molecule has 26 heavy (non-hydrogen) atoms. The highest BCUT2D eigenvalue weighted by atomic mass is 16.5. The SMILES string of the molecule is COc1cccc(-c2nc(C(=O)NCC3([C@H](O)C(C)C)CC3)c(C)[nH]2)c1. The lowest BCUT2D eigenvalue weighted by molar-refractivity contribution is 0.0489. The van der Waals surface area contributed by atoms with Crippen LogP contribution in [0.3, 0.4) is 0 Å². The molecule has 1 aromatic carbocycles.